The lowest BCUT2D eigenvalue weighted by Gasteiger charge is -2.44. The molecule has 0 unspecified atom stereocenters. The number of fused-ring (bicyclic) bond motifs is 1. The fraction of sp³-hybridized carbons (Fsp3) is 0.500. The molecule has 31 heavy (non-hydrogen) atoms. The number of thiophene rings is 1. The van der Waals surface area contributed by atoms with Crippen molar-refractivity contribution in [2.45, 2.75) is 31.2 Å². The number of likely N-dealkylation sites (N-methyl/N-ethyl adjacent to an activating group) is 1. The molecule has 2 aromatic rings. The first-order valence-corrected chi connectivity index (χ1v) is 12.8. The van der Waals surface area contributed by atoms with E-state index in [4.69, 9.17) is 4.74 Å². The number of likely N-dealkylation sites (tertiary alicyclic amines) is 1. The SMILES string of the molecule is CNC(=O)CN1CC2(CCN(Cc3ccc(C)s3)CC2)COc2ccccc2S1(=O)=O. The number of hydrogen-bond acceptors (Lipinski definition) is 6. The Morgan fingerprint density at radius 3 is 2.61 bits per heavy atom. The Morgan fingerprint density at radius 1 is 1.19 bits per heavy atom. The first-order valence-electron chi connectivity index (χ1n) is 10.5. The van der Waals surface area contributed by atoms with Gasteiger partial charge in [-0.3, -0.25) is 9.69 Å². The van der Waals surface area contributed by atoms with Crippen LogP contribution in [-0.2, 0) is 21.4 Å². The molecule has 1 fully saturated rings. The van der Waals surface area contributed by atoms with Gasteiger partial charge >= 0.3 is 0 Å². The molecule has 1 N–H and O–H groups in total. The second kappa shape index (κ2) is 8.90. The molecule has 1 spiro atoms. The zero-order chi connectivity index (χ0) is 22.1. The smallest absolute Gasteiger partial charge is 0.247 e. The fourth-order valence-corrected chi connectivity index (χ4v) is 6.89. The molecule has 0 radical (unpaired) electrons. The summed E-state index contributed by atoms with van der Waals surface area (Å²) in [6.45, 7) is 5.31. The molecule has 1 saturated heterocycles. The molecule has 2 aliphatic heterocycles. The number of sulfonamides is 1. The van der Waals surface area contributed by atoms with Crippen LogP contribution in [0.5, 0.6) is 5.75 Å². The van der Waals surface area contributed by atoms with E-state index in [9.17, 15) is 13.2 Å². The van der Waals surface area contributed by atoms with Crippen molar-refractivity contribution in [2.75, 3.05) is 39.8 Å². The summed E-state index contributed by atoms with van der Waals surface area (Å²) in [6.07, 6.45) is 1.64. The van der Waals surface area contributed by atoms with Gasteiger partial charge in [0.05, 0.1) is 13.2 Å². The number of carbonyl (C=O) groups is 1. The molecular weight excluding hydrogens is 434 g/mol. The first kappa shape index (κ1) is 22.3. The standard InChI is InChI=1S/C22H29N3O4S2/c1-17-7-8-18(30-17)13-24-11-9-22(10-12-24)15-25(14-21(26)23-2)31(27,28)20-6-4-3-5-19(20)29-16-22/h3-8H,9-16H2,1-2H3,(H,23,26). The minimum absolute atomic E-state index is 0.124. The van der Waals surface area contributed by atoms with Crippen LogP contribution in [0.15, 0.2) is 41.3 Å². The highest BCUT2D eigenvalue weighted by molar-refractivity contribution is 7.89. The minimum Gasteiger partial charge on any atom is -0.492 e. The lowest BCUT2D eigenvalue weighted by molar-refractivity contribution is -0.121. The molecule has 2 aliphatic rings. The van der Waals surface area contributed by atoms with E-state index in [-0.39, 0.29) is 29.3 Å². The van der Waals surface area contributed by atoms with Crippen LogP contribution in [-0.4, -0.2) is 63.4 Å². The Labute approximate surface area is 188 Å². The van der Waals surface area contributed by atoms with Crippen LogP contribution < -0.4 is 10.1 Å². The van der Waals surface area contributed by atoms with Crippen molar-refractivity contribution >= 4 is 27.3 Å². The maximum absolute atomic E-state index is 13.4. The van der Waals surface area contributed by atoms with E-state index in [1.807, 2.05) is 11.3 Å². The summed E-state index contributed by atoms with van der Waals surface area (Å²) in [5.74, 6) is 0.0446. The number of nitrogens with zero attached hydrogens (tertiary/aromatic N) is 2. The van der Waals surface area contributed by atoms with Crippen molar-refractivity contribution in [2.24, 2.45) is 5.41 Å². The van der Waals surface area contributed by atoms with E-state index in [0.29, 0.717) is 12.4 Å². The summed E-state index contributed by atoms with van der Waals surface area (Å²) < 4.78 is 34.2. The van der Waals surface area contributed by atoms with E-state index in [1.165, 1.54) is 21.1 Å². The van der Waals surface area contributed by atoms with Crippen LogP contribution >= 0.6 is 11.3 Å². The first-order chi connectivity index (χ1) is 14.8. The van der Waals surface area contributed by atoms with Crippen molar-refractivity contribution in [3.05, 3.63) is 46.2 Å². The molecule has 1 aromatic carbocycles. The number of rotatable bonds is 4. The quantitative estimate of drug-likeness (QED) is 0.754. The Hall–Kier alpha value is -1.94. The van der Waals surface area contributed by atoms with Gasteiger partial charge in [-0.25, -0.2) is 8.42 Å². The van der Waals surface area contributed by atoms with Gasteiger partial charge in [-0.2, -0.15) is 4.31 Å². The third-order valence-electron chi connectivity index (χ3n) is 6.20. The number of amides is 1. The summed E-state index contributed by atoms with van der Waals surface area (Å²) >= 11 is 1.82. The highest BCUT2D eigenvalue weighted by Crippen LogP contribution is 2.39. The third-order valence-corrected chi connectivity index (χ3v) is 9.02. The largest absolute Gasteiger partial charge is 0.492 e. The van der Waals surface area contributed by atoms with E-state index in [0.717, 1.165) is 32.5 Å². The van der Waals surface area contributed by atoms with Crippen molar-refractivity contribution in [3.8, 4) is 5.75 Å². The number of benzene rings is 1. The topological polar surface area (TPSA) is 79.0 Å². The lowest BCUT2D eigenvalue weighted by atomic mass is 9.78. The molecule has 0 bridgehead atoms. The van der Waals surface area contributed by atoms with Gasteiger partial charge in [-0.05, 0) is 57.1 Å². The molecule has 168 valence electrons. The van der Waals surface area contributed by atoms with Gasteiger partial charge < -0.3 is 10.1 Å². The Morgan fingerprint density at radius 2 is 1.94 bits per heavy atom. The second-order valence-corrected chi connectivity index (χ2v) is 11.7. The molecule has 4 rings (SSSR count). The van der Waals surface area contributed by atoms with E-state index >= 15 is 0 Å². The lowest BCUT2D eigenvalue weighted by Crippen LogP contribution is -2.53. The monoisotopic (exact) mass is 463 g/mol. The zero-order valence-corrected chi connectivity index (χ0v) is 19.6. The highest BCUT2D eigenvalue weighted by atomic mass is 32.2. The van der Waals surface area contributed by atoms with E-state index in [2.05, 4.69) is 29.3 Å². The Kier molecular flexibility index (Phi) is 6.39. The number of nitrogens with one attached hydrogen (secondary N) is 1. The summed E-state index contributed by atoms with van der Waals surface area (Å²) in [5.41, 5.74) is -0.323. The Balaban J connectivity index is 1.57. The number of ether oxygens (including phenoxy) is 1. The van der Waals surface area contributed by atoms with Gasteiger partial charge in [-0.1, -0.05) is 12.1 Å². The number of aryl methyl sites for hydroxylation is 1. The van der Waals surface area contributed by atoms with Gasteiger partial charge in [0.25, 0.3) is 0 Å². The van der Waals surface area contributed by atoms with Crippen LogP contribution in [0.2, 0.25) is 0 Å². The molecule has 3 heterocycles. The van der Waals surface area contributed by atoms with Crippen LogP contribution in [0, 0.1) is 12.3 Å². The minimum atomic E-state index is -3.85. The van der Waals surface area contributed by atoms with Crippen molar-refractivity contribution in [1.82, 2.24) is 14.5 Å². The van der Waals surface area contributed by atoms with Crippen LogP contribution in [0.25, 0.3) is 0 Å². The third kappa shape index (κ3) is 4.79. The van der Waals surface area contributed by atoms with Crippen molar-refractivity contribution < 1.29 is 17.9 Å². The molecular formula is C22H29N3O4S2. The molecule has 0 atom stereocenters. The zero-order valence-electron chi connectivity index (χ0n) is 18.0. The second-order valence-electron chi connectivity index (χ2n) is 8.47. The van der Waals surface area contributed by atoms with Gasteiger partial charge in [0.15, 0.2) is 0 Å². The molecule has 7 nitrogen and oxygen atoms in total. The molecule has 1 amide bonds. The fourth-order valence-electron chi connectivity index (χ4n) is 4.32. The van der Waals surface area contributed by atoms with Crippen LogP contribution in [0.1, 0.15) is 22.6 Å². The van der Waals surface area contributed by atoms with Crippen LogP contribution in [0.4, 0.5) is 0 Å². The predicted molar refractivity (Wildman–Crippen MR) is 121 cm³/mol. The molecule has 1 aromatic heterocycles. The summed E-state index contributed by atoms with van der Waals surface area (Å²) in [7, 11) is -2.32. The molecule has 0 saturated carbocycles. The maximum Gasteiger partial charge on any atom is 0.247 e. The highest BCUT2D eigenvalue weighted by Gasteiger charge is 2.43. The number of para-hydroxylation sites is 1. The maximum atomic E-state index is 13.4. The van der Waals surface area contributed by atoms with Gasteiger partial charge in [0.2, 0.25) is 15.9 Å². The summed E-state index contributed by atoms with van der Waals surface area (Å²) in [6, 6.07) is 11.0. The normalized spacial score (nSPS) is 21.0. The number of carbonyl (C=O) groups excluding carboxylic acids is 1. The summed E-state index contributed by atoms with van der Waals surface area (Å²) in [5, 5.41) is 2.55. The Bertz CT molecular complexity index is 1040. The van der Waals surface area contributed by atoms with Crippen LogP contribution in [0.3, 0.4) is 0 Å². The van der Waals surface area contributed by atoms with Gasteiger partial charge in [0, 0.05) is 35.3 Å². The van der Waals surface area contributed by atoms with E-state index < -0.39 is 10.0 Å². The number of piperidine rings is 1. The molecule has 9 heteroatoms. The van der Waals surface area contributed by atoms with Gasteiger partial charge in [-0.15, -0.1) is 11.3 Å². The molecule has 0 aliphatic carbocycles. The average molecular weight is 464 g/mol. The predicted octanol–water partition coefficient (Wildman–Crippen LogP) is 2.47. The van der Waals surface area contributed by atoms with Crippen molar-refractivity contribution in [1.29, 1.82) is 0 Å². The summed E-state index contributed by atoms with van der Waals surface area (Å²) in [4.78, 5) is 17.4. The van der Waals surface area contributed by atoms with Gasteiger partial charge in [0.1, 0.15) is 10.6 Å². The average Bonchev–Trinajstić information content (AvgIpc) is 3.17. The van der Waals surface area contributed by atoms with Crippen molar-refractivity contribution in [3.63, 3.8) is 0 Å². The van der Waals surface area contributed by atoms with E-state index in [1.54, 1.807) is 24.3 Å². The number of hydrogen-bond donors (Lipinski definition) is 1.